The molecule has 2 heterocycles. The van der Waals surface area contributed by atoms with Crippen molar-refractivity contribution in [2.45, 2.75) is 12.5 Å². The predicted octanol–water partition coefficient (Wildman–Crippen LogP) is 0.173. The summed E-state index contributed by atoms with van der Waals surface area (Å²) in [5.74, 6) is -0.0354. The molecule has 14 heavy (non-hydrogen) atoms. The average molecular weight is 191 g/mol. The van der Waals surface area contributed by atoms with E-state index in [4.69, 9.17) is 0 Å². The van der Waals surface area contributed by atoms with Crippen LogP contribution in [0.4, 0.5) is 0 Å². The smallest absolute Gasteiger partial charge is 0.253 e. The van der Waals surface area contributed by atoms with Crippen LogP contribution in [0.2, 0.25) is 0 Å². The molecule has 1 aromatic heterocycles. The van der Waals surface area contributed by atoms with Crippen molar-refractivity contribution in [1.29, 1.82) is 0 Å². The van der Waals surface area contributed by atoms with Gasteiger partial charge < -0.3 is 10.6 Å². The van der Waals surface area contributed by atoms with Gasteiger partial charge in [0.2, 0.25) is 0 Å². The molecular weight excluding hydrogens is 178 g/mol. The number of aromatic nitrogens is 1. The molecule has 0 bridgehead atoms. The molecule has 1 atom stereocenters. The normalized spacial score (nSPS) is 20.7. The van der Waals surface area contributed by atoms with Crippen LogP contribution >= 0.6 is 0 Å². The molecule has 0 spiro atoms. The Bertz CT molecular complexity index is 306. The number of nitrogens with zero attached hydrogens (tertiary/aromatic N) is 1. The maximum Gasteiger partial charge on any atom is 0.253 e. The maximum absolute atomic E-state index is 11.6. The van der Waals surface area contributed by atoms with Crippen LogP contribution in [0, 0.1) is 0 Å². The van der Waals surface area contributed by atoms with Crippen LogP contribution < -0.4 is 10.6 Å². The van der Waals surface area contributed by atoms with E-state index in [0.717, 1.165) is 19.5 Å². The number of amides is 1. The van der Waals surface area contributed by atoms with Crippen LogP contribution in [0.15, 0.2) is 24.5 Å². The number of nitrogens with one attached hydrogen (secondary N) is 2. The summed E-state index contributed by atoms with van der Waals surface area (Å²) in [6, 6.07) is 3.80. The maximum atomic E-state index is 11.6. The Balaban J connectivity index is 1.95. The summed E-state index contributed by atoms with van der Waals surface area (Å²) in [5.41, 5.74) is 0.624. The van der Waals surface area contributed by atoms with Crippen molar-refractivity contribution in [3.05, 3.63) is 30.1 Å². The second-order valence-corrected chi connectivity index (χ2v) is 3.40. The van der Waals surface area contributed by atoms with Crippen molar-refractivity contribution in [3.8, 4) is 0 Å². The van der Waals surface area contributed by atoms with Crippen LogP contribution in [0.3, 0.4) is 0 Å². The van der Waals surface area contributed by atoms with Crippen molar-refractivity contribution in [1.82, 2.24) is 15.6 Å². The van der Waals surface area contributed by atoms with E-state index >= 15 is 0 Å². The van der Waals surface area contributed by atoms with Gasteiger partial charge in [-0.3, -0.25) is 9.78 Å². The van der Waals surface area contributed by atoms with Crippen LogP contribution in [0.5, 0.6) is 0 Å². The first-order valence-corrected chi connectivity index (χ1v) is 4.78. The monoisotopic (exact) mass is 191 g/mol. The second-order valence-electron chi connectivity index (χ2n) is 3.40. The van der Waals surface area contributed by atoms with E-state index in [1.165, 1.54) is 0 Å². The zero-order chi connectivity index (χ0) is 9.80. The second kappa shape index (κ2) is 4.19. The topological polar surface area (TPSA) is 54.0 Å². The molecule has 0 saturated carbocycles. The quantitative estimate of drug-likeness (QED) is 0.700. The van der Waals surface area contributed by atoms with E-state index < -0.39 is 0 Å². The van der Waals surface area contributed by atoms with Crippen LogP contribution in [-0.4, -0.2) is 30.0 Å². The summed E-state index contributed by atoms with van der Waals surface area (Å²) in [7, 11) is 0. The first-order valence-electron chi connectivity index (χ1n) is 4.78. The average Bonchev–Trinajstić information content (AvgIpc) is 2.72. The van der Waals surface area contributed by atoms with Gasteiger partial charge in [0.15, 0.2) is 0 Å². The molecule has 1 saturated heterocycles. The van der Waals surface area contributed by atoms with Gasteiger partial charge in [0.05, 0.1) is 5.56 Å². The van der Waals surface area contributed by atoms with E-state index in [2.05, 4.69) is 15.6 Å². The van der Waals surface area contributed by atoms with Crippen LogP contribution in [0.1, 0.15) is 16.8 Å². The lowest BCUT2D eigenvalue weighted by Crippen LogP contribution is -2.36. The third-order valence-corrected chi connectivity index (χ3v) is 2.32. The minimum absolute atomic E-state index is 0.0354. The first-order chi connectivity index (χ1) is 6.86. The van der Waals surface area contributed by atoms with Crippen molar-refractivity contribution in [3.63, 3.8) is 0 Å². The highest BCUT2D eigenvalue weighted by Crippen LogP contribution is 2.00. The summed E-state index contributed by atoms with van der Waals surface area (Å²) >= 11 is 0. The lowest BCUT2D eigenvalue weighted by Gasteiger charge is -2.10. The SMILES string of the molecule is O=C(N[C@H]1CCNC1)c1cccnc1. The number of carbonyl (C=O) groups is 1. The van der Waals surface area contributed by atoms with E-state index in [9.17, 15) is 4.79 Å². The Labute approximate surface area is 82.7 Å². The van der Waals surface area contributed by atoms with Crippen LogP contribution in [-0.2, 0) is 0 Å². The Hall–Kier alpha value is -1.42. The zero-order valence-corrected chi connectivity index (χ0v) is 7.86. The highest BCUT2D eigenvalue weighted by atomic mass is 16.1. The molecule has 1 fully saturated rings. The largest absolute Gasteiger partial charge is 0.348 e. The third kappa shape index (κ3) is 2.09. The number of rotatable bonds is 2. The number of carbonyl (C=O) groups excluding carboxylic acids is 1. The fraction of sp³-hybridized carbons (Fsp3) is 0.400. The Morgan fingerprint density at radius 3 is 3.21 bits per heavy atom. The Kier molecular flexibility index (Phi) is 2.74. The lowest BCUT2D eigenvalue weighted by molar-refractivity contribution is 0.0939. The van der Waals surface area contributed by atoms with Gasteiger partial charge in [-0.1, -0.05) is 0 Å². The third-order valence-electron chi connectivity index (χ3n) is 2.32. The van der Waals surface area contributed by atoms with Gasteiger partial charge in [-0.2, -0.15) is 0 Å². The summed E-state index contributed by atoms with van der Waals surface area (Å²) < 4.78 is 0. The number of hydrogen-bond donors (Lipinski definition) is 2. The molecule has 1 aliphatic heterocycles. The van der Waals surface area contributed by atoms with Gasteiger partial charge in [-0.05, 0) is 25.1 Å². The lowest BCUT2D eigenvalue weighted by atomic mass is 10.2. The molecule has 2 N–H and O–H groups in total. The Morgan fingerprint density at radius 1 is 1.64 bits per heavy atom. The molecule has 0 radical (unpaired) electrons. The van der Waals surface area contributed by atoms with Gasteiger partial charge >= 0.3 is 0 Å². The van der Waals surface area contributed by atoms with Crippen molar-refractivity contribution >= 4 is 5.91 Å². The molecule has 74 valence electrons. The van der Waals surface area contributed by atoms with E-state index in [0.29, 0.717) is 5.56 Å². The molecule has 4 nitrogen and oxygen atoms in total. The fourth-order valence-electron chi connectivity index (χ4n) is 1.54. The van der Waals surface area contributed by atoms with Crippen molar-refractivity contribution < 1.29 is 4.79 Å². The van der Waals surface area contributed by atoms with Crippen LogP contribution in [0.25, 0.3) is 0 Å². The van der Waals surface area contributed by atoms with Crippen molar-refractivity contribution in [2.75, 3.05) is 13.1 Å². The minimum atomic E-state index is -0.0354. The van der Waals surface area contributed by atoms with E-state index in [1.807, 2.05) is 0 Å². The summed E-state index contributed by atoms with van der Waals surface area (Å²) in [5, 5.41) is 6.15. The van der Waals surface area contributed by atoms with Gasteiger partial charge in [-0.25, -0.2) is 0 Å². The number of pyridine rings is 1. The summed E-state index contributed by atoms with van der Waals surface area (Å²) in [4.78, 5) is 15.5. The molecule has 4 heteroatoms. The van der Waals surface area contributed by atoms with E-state index in [1.54, 1.807) is 24.5 Å². The van der Waals surface area contributed by atoms with Gasteiger partial charge in [-0.15, -0.1) is 0 Å². The number of hydrogen-bond acceptors (Lipinski definition) is 3. The Morgan fingerprint density at radius 2 is 2.57 bits per heavy atom. The predicted molar refractivity (Wildman–Crippen MR) is 53.0 cm³/mol. The highest BCUT2D eigenvalue weighted by molar-refractivity contribution is 5.94. The standard InChI is InChI=1S/C10H13N3O/c14-10(8-2-1-4-11-6-8)13-9-3-5-12-7-9/h1-2,4,6,9,12H,3,5,7H2,(H,13,14)/t9-/m0/s1. The van der Waals surface area contributed by atoms with Gasteiger partial charge in [0, 0.05) is 25.0 Å². The molecule has 0 aromatic carbocycles. The van der Waals surface area contributed by atoms with E-state index in [-0.39, 0.29) is 11.9 Å². The zero-order valence-electron chi connectivity index (χ0n) is 7.86. The molecule has 1 aromatic rings. The molecule has 1 amide bonds. The van der Waals surface area contributed by atoms with Crippen molar-refractivity contribution in [2.24, 2.45) is 0 Å². The fourth-order valence-corrected chi connectivity index (χ4v) is 1.54. The van der Waals surface area contributed by atoms with Gasteiger partial charge in [0.1, 0.15) is 0 Å². The molecule has 0 aliphatic carbocycles. The summed E-state index contributed by atoms with van der Waals surface area (Å²) in [6.07, 6.45) is 4.25. The van der Waals surface area contributed by atoms with Gasteiger partial charge in [0.25, 0.3) is 5.91 Å². The first kappa shape index (κ1) is 9.15. The minimum Gasteiger partial charge on any atom is -0.348 e. The molecule has 0 unspecified atom stereocenters. The molecule has 2 rings (SSSR count). The molecule has 1 aliphatic rings. The highest BCUT2D eigenvalue weighted by Gasteiger charge is 2.17. The molecular formula is C10H13N3O. The summed E-state index contributed by atoms with van der Waals surface area (Å²) in [6.45, 7) is 1.85.